The summed E-state index contributed by atoms with van der Waals surface area (Å²) in [4.78, 5) is 0. The molecule has 1 unspecified atom stereocenters. The molecule has 0 saturated heterocycles. The Morgan fingerprint density at radius 2 is 2.05 bits per heavy atom. The topological polar surface area (TPSA) is 12.0 Å². The van der Waals surface area contributed by atoms with Crippen molar-refractivity contribution in [3.8, 4) is 0 Å². The summed E-state index contributed by atoms with van der Waals surface area (Å²) in [6, 6.07) is 13.2. The normalized spacial score (nSPS) is 12.4. The highest BCUT2D eigenvalue weighted by atomic mass is 79.9. The predicted molar refractivity (Wildman–Crippen MR) is 85.7 cm³/mol. The average molecular weight is 357 g/mol. The van der Waals surface area contributed by atoms with E-state index in [4.69, 9.17) is 11.6 Å². The molecule has 0 aromatic heterocycles. The lowest BCUT2D eigenvalue weighted by molar-refractivity contribution is 0.542. The van der Waals surface area contributed by atoms with Gasteiger partial charge in [-0.2, -0.15) is 0 Å². The molecule has 4 heteroatoms. The van der Waals surface area contributed by atoms with Crippen LogP contribution in [0.15, 0.2) is 46.9 Å². The van der Waals surface area contributed by atoms with Gasteiger partial charge in [-0.15, -0.1) is 0 Å². The molecule has 106 valence electrons. The molecule has 0 aliphatic heterocycles. The van der Waals surface area contributed by atoms with Crippen LogP contribution in [0.3, 0.4) is 0 Å². The van der Waals surface area contributed by atoms with Crippen LogP contribution < -0.4 is 5.32 Å². The minimum Gasteiger partial charge on any atom is -0.310 e. The molecular weight excluding hydrogens is 341 g/mol. The largest absolute Gasteiger partial charge is 0.310 e. The van der Waals surface area contributed by atoms with Gasteiger partial charge in [0.2, 0.25) is 0 Å². The van der Waals surface area contributed by atoms with E-state index in [-0.39, 0.29) is 16.9 Å². The Bertz CT molecular complexity index is 588. The van der Waals surface area contributed by atoms with Crippen molar-refractivity contribution in [2.45, 2.75) is 19.4 Å². The average Bonchev–Trinajstić information content (AvgIpc) is 2.41. The number of hydrogen-bond donors (Lipinski definition) is 1. The molecule has 20 heavy (non-hydrogen) atoms. The van der Waals surface area contributed by atoms with E-state index in [1.807, 2.05) is 25.1 Å². The third-order valence-electron chi connectivity index (χ3n) is 3.13. The Labute approximate surface area is 132 Å². The van der Waals surface area contributed by atoms with Gasteiger partial charge in [-0.3, -0.25) is 0 Å². The maximum absolute atomic E-state index is 13.6. The lowest BCUT2D eigenvalue weighted by Gasteiger charge is -2.19. The molecule has 0 radical (unpaired) electrons. The summed E-state index contributed by atoms with van der Waals surface area (Å²) in [6.07, 6.45) is 0.800. The molecule has 1 atom stereocenters. The highest BCUT2D eigenvalue weighted by Crippen LogP contribution is 2.24. The Kier molecular flexibility index (Phi) is 5.58. The molecular formula is C16H16BrClFN. The third-order valence-corrected chi connectivity index (χ3v) is 3.93. The van der Waals surface area contributed by atoms with E-state index in [2.05, 4.69) is 33.4 Å². The Hall–Kier alpha value is -0.900. The number of rotatable bonds is 5. The second kappa shape index (κ2) is 7.21. The van der Waals surface area contributed by atoms with Crippen LogP contribution >= 0.6 is 27.5 Å². The maximum Gasteiger partial charge on any atom is 0.142 e. The molecule has 2 rings (SSSR count). The summed E-state index contributed by atoms with van der Waals surface area (Å²) in [5, 5.41) is 3.55. The van der Waals surface area contributed by atoms with Crippen molar-refractivity contribution >= 4 is 27.5 Å². The molecule has 0 aliphatic rings. The van der Waals surface area contributed by atoms with Crippen molar-refractivity contribution in [1.29, 1.82) is 0 Å². The van der Waals surface area contributed by atoms with Crippen LogP contribution in [0.1, 0.15) is 24.1 Å². The fourth-order valence-corrected chi connectivity index (χ4v) is 2.75. The summed E-state index contributed by atoms with van der Waals surface area (Å²) in [5.74, 6) is -0.374. The predicted octanol–water partition coefficient (Wildman–Crippen LogP) is 5.13. The van der Waals surface area contributed by atoms with Gasteiger partial charge in [0.1, 0.15) is 5.82 Å². The number of halogens is 3. The molecule has 0 fully saturated rings. The van der Waals surface area contributed by atoms with E-state index < -0.39 is 0 Å². The standard InChI is InChI=1S/C16H16BrClFN/c1-2-20-16(9-11-4-3-5-13(17)8-11)12-6-7-14(18)15(19)10-12/h3-8,10,16,20H,2,9H2,1H3. The Morgan fingerprint density at radius 3 is 2.70 bits per heavy atom. The first-order valence-electron chi connectivity index (χ1n) is 6.53. The minimum atomic E-state index is -0.374. The van der Waals surface area contributed by atoms with Crippen molar-refractivity contribution in [1.82, 2.24) is 5.32 Å². The van der Waals surface area contributed by atoms with Crippen LogP contribution in [0.25, 0.3) is 0 Å². The van der Waals surface area contributed by atoms with E-state index in [9.17, 15) is 4.39 Å². The van der Waals surface area contributed by atoms with Crippen LogP contribution in [0.2, 0.25) is 5.02 Å². The fourth-order valence-electron chi connectivity index (χ4n) is 2.18. The van der Waals surface area contributed by atoms with Gasteiger partial charge in [-0.05, 0) is 48.4 Å². The Morgan fingerprint density at radius 1 is 1.25 bits per heavy atom. The monoisotopic (exact) mass is 355 g/mol. The van der Waals surface area contributed by atoms with Gasteiger partial charge in [-0.1, -0.05) is 52.7 Å². The number of likely N-dealkylation sites (N-methyl/N-ethyl adjacent to an activating group) is 1. The van der Waals surface area contributed by atoms with E-state index >= 15 is 0 Å². The smallest absolute Gasteiger partial charge is 0.142 e. The van der Waals surface area contributed by atoms with Crippen molar-refractivity contribution in [3.05, 3.63) is 68.9 Å². The van der Waals surface area contributed by atoms with Crippen molar-refractivity contribution in [2.75, 3.05) is 6.54 Å². The van der Waals surface area contributed by atoms with Gasteiger partial charge in [0.25, 0.3) is 0 Å². The number of hydrogen-bond acceptors (Lipinski definition) is 1. The van der Waals surface area contributed by atoms with Crippen LogP contribution in [-0.4, -0.2) is 6.54 Å². The summed E-state index contributed by atoms with van der Waals surface area (Å²) < 4.78 is 14.7. The van der Waals surface area contributed by atoms with Crippen LogP contribution in [-0.2, 0) is 6.42 Å². The first-order chi connectivity index (χ1) is 9.60. The summed E-state index contributed by atoms with van der Waals surface area (Å²) >= 11 is 9.21. The minimum absolute atomic E-state index is 0.0704. The molecule has 0 bridgehead atoms. The molecule has 0 aliphatic carbocycles. The molecule has 0 heterocycles. The zero-order valence-corrected chi connectivity index (χ0v) is 13.5. The first kappa shape index (κ1) is 15.5. The summed E-state index contributed by atoms with van der Waals surface area (Å²) in [5.41, 5.74) is 2.11. The van der Waals surface area contributed by atoms with Gasteiger partial charge in [0.05, 0.1) is 5.02 Å². The van der Waals surface area contributed by atoms with Crippen LogP contribution in [0, 0.1) is 5.82 Å². The third kappa shape index (κ3) is 4.05. The van der Waals surface area contributed by atoms with E-state index in [1.165, 1.54) is 11.6 Å². The summed E-state index contributed by atoms with van der Waals surface area (Å²) in [7, 11) is 0. The van der Waals surface area contributed by atoms with Gasteiger partial charge in [0.15, 0.2) is 0 Å². The van der Waals surface area contributed by atoms with Gasteiger partial charge < -0.3 is 5.32 Å². The van der Waals surface area contributed by atoms with Crippen LogP contribution in [0.4, 0.5) is 4.39 Å². The highest BCUT2D eigenvalue weighted by molar-refractivity contribution is 9.10. The molecule has 1 nitrogen and oxygen atoms in total. The molecule has 0 spiro atoms. The molecule has 0 amide bonds. The zero-order valence-electron chi connectivity index (χ0n) is 11.2. The van der Waals surface area contributed by atoms with E-state index in [0.29, 0.717) is 0 Å². The van der Waals surface area contributed by atoms with Crippen LogP contribution in [0.5, 0.6) is 0 Å². The SMILES string of the molecule is CCNC(Cc1cccc(Br)c1)c1ccc(Cl)c(F)c1. The zero-order chi connectivity index (χ0) is 14.5. The molecule has 2 aromatic rings. The number of nitrogens with one attached hydrogen (secondary N) is 1. The van der Waals surface area contributed by atoms with Gasteiger partial charge in [0, 0.05) is 10.5 Å². The fraction of sp³-hybridized carbons (Fsp3) is 0.250. The first-order valence-corrected chi connectivity index (χ1v) is 7.70. The van der Waals surface area contributed by atoms with E-state index in [0.717, 1.165) is 23.0 Å². The van der Waals surface area contributed by atoms with Gasteiger partial charge in [-0.25, -0.2) is 4.39 Å². The lowest BCUT2D eigenvalue weighted by Crippen LogP contribution is -2.23. The quantitative estimate of drug-likeness (QED) is 0.782. The highest BCUT2D eigenvalue weighted by Gasteiger charge is 2.13. The van der Waals surface area contributed by atoms with Crippen molar-refractivity contribution < 1.29 is 4.39 Å². The summed E-state index contributed by atoms with van der Waals surface area (Å²) in [6.45, 7) is 2.86. The molecule has 2 aromatic carbocycles. The molecule has 0 saturated carbocycles. The second-order valence-electron chi connectivity index (χ2n) is 4.62. The van der Waals surface area contributed by atoms with Crippen molar-refractivity contribution in [2.24, 2.45) is 0 Å². The van der Waals surface area contributed by atoms with Crippen molar-refractivity contribution in [3.63, 3.8) is 0 Å². The van der Waals surface area contributed by atoms with Gasteiger partial charge >= 0.3 is 0 Å². The lowest BCUT2D eigenvalue weighted by atomic mass is 9.99. The Balaban J connectivity index is 2.24. The molecule has 1 N–H and O–H groups in total. The second-order valence-corrected chi connectivity index (χ2v) is 5.94. The maximum atomic E-state index is 13.6. The number of benzene rings is 2. The van der Waals surface area contributed by atoms with E-state index in [1.54, 1.807) is 6.07 Å².